The van der Waals surface area contributed by atoms with Gasteiger partial charge in [-0.05, 0) is 30.3 Å². The molecule has 9 heteroatoms. The van der Waals surface area contributed by atoms with E-state index >= 15 is 0 Å². The van der Waals surface area contributed by atoms with Crippen LogP contribution in [-0.4, -0.2) is 53.4 Å². The number of aromatic nitrogens is 1. The van der Waals surface area contributed by atoms with Crippen LogP contribution in [0.3, 0.4) is 0 Å². The van der Waals surface area contributed by atoms with Gasteiger partial charge >= 0.3 is 5.97 Å². The van der Waals surface area contributed by atoms with Gasteiger partial charge in [0.15, 0.2) is 19.6 Å². The van der Waals surface area contributed by atoms with Gasteiger partial charge in [0.25, 0.3) is 0 Å². The van der Waals surface area contributed by atoms with Crippen molar-refractivity contribution in [3.63, 3.8) is 0 Å². The SMILES string of the molecule is CC[Si](CC)(CC)O[C@@]1(C#C/C=C\C#C[Si](C)(C)C)CC2(OCCO2)c2nocc2/C1=C\C(=O)OC. The van der Waals surface area contributed by atoms with E-state index in [0.717, 1.165) is 18.1 Å². The number of methoxy groups -OCH3 is 1. The van der Waals surface area contributed by atoms with Gasteiger partial charge in [-0.1, -0.05) is 63.3 Å². The fourth-order valence-electron chi connectivity index (χ4n) is 4.56. The number of ether oxygens (including phenoxy) is 3. The highest BCUT2D eigenvalue weighted by molar-refractivity contribution is 6.83. The van der Waals surface area contributed by atoms with E-state index in [1.165, 1.54) is 19.4 Å². The second kappa shape index (κ2) is 11.3. The molecule has 1 aliphatic carbocycles. The molecule has 2 aliphatic rings. The summed E-state index contributed by atoms with van der Waals surface area (Å²) in [4.78, 5) is 12.6. The van der Waals surface area contributed by atoms with Gasteiger partial charge in [-0.15, -0.1) is 5.54 Å². The smallest absolute Gasteiger partial charge is 0.330 e. The van der Waals surface area contributed by atoms with E-state index in [1.807, 2.05) is 0 Å². The zero-order chi connectivity index (χ0) is 26.5. The third-order valence-electron chi connectivity index (χ3n) is 6.65. The Morgan fingerprint density at radius 2 is 1.75 bits per heavy atom. The van der Waals surface area contributed by atoms with E-state index < -0.39 is 33.7 Å². The summed E-state index contributed by atoms with van der Waals surface area (Å²) in [5.41, 5.74) is 3.73. The number of hydrogen-bond donors (Lipinski definition) is 0. The minimum absolute atomic E-state index is 0.221. The molecular weight excluding hydrogens is 490 g/mol. The molecule has 0 saturated carbocycles. The molecule has 1 spiro atoms. The van der Waals surface area contributed by atoms with Crippen LogP contribution in [0.25, 0.3) is 5.57 Å². The second-order valence-electron chi connectivity index (χ2n) is 10.1. The van der Waals surface area contributed by atoms with Crippen molar-refractivity contribution < 1.29 is 28.0 Å². The van der Waals surface area contributed by atoms with Gasteiger partial charge < -0.3 is 23.2 Å². The van der Waals surface area contributed by atoms with Crippen molar-refractivity contribution in [3.8, 4) is 23.3 Å². The molecule has 3 rings (SSSR count). The highest BCUT2D eigenvalue weighted by atomic mass is 28.4. The van der Waals surface area contributed by atoms with Crippen molar-refractivity contribution in [3.05, 3.63) is 35.7 Å². The van der Waals surface area contributed by atoms with Crippen molar-refractivity contribution in [2.24, 2.45) is 0 Å². The van der Waals surface area contributed by atoms with Crippen LogP contribution >= 0.6 is 0 Å². The van der Waals surface area contributed by atoms with Crippen LogP contribution < -0.4 is 0 Å². The molecule has 1 fully saturated rings. The van der Waals surface area contributed by atoms with E-state index in [-0.39, 0.29) is 6.42 Å². The van der Waals surface area contributed by atoms with Crippen LogP contribution in [0.1, 0.15) is 38.4 Å². The number of nitrogens with zero attached hydrogens (tertiary/aromatic N) is 1. The number of fused-ring (bicyclic) bond motifs is 2. The van der Waals surface area contributed by atoms with Gasteiger partial charge in [0.05, 0.1) is 32.3 Å². The van der Waals surface area contributed by atoms with Crippen LogP contribution in [0.5, 0.6) is 0 Å². The second-order valence-corrected chi connectivity index (χ2v) is 19.5. The molecule has 194 valence electrons. The molecule has 1 atom stereocenters. The molecule has 1 aliphatic heterocycles. The summed E-state index contributed by atoms with van der Waals surface area (Å²) in [5, 5.41) is 4.20. The van der Waals surface area contributed by atoms with Crippen LogP contribution in [0.4, 0.5) is 0 Å². The Hall–Kier alpha value is -2.41. The molecule has 2 heterocycles. The van der Waals surface area contributed by atoms with Crippen molar-refractivity contribution >= 4 is 27.9 Å². The van der Waals surface area contributed by atoms with Crippen molar-refractivity contribution in [2.75, 3.05) is 20.3 Å². The first-order valence-corrected chi connectivity index (χ1v) is 18.5. The summed E-state index contributed by atoms with van der Waals surface area (Å²) < 4.78 is 29.8. The molecule has 1 saturated heterocycles. The predicted molar refractivity (Wildman–Crippen MR) is 144 cm³/mol. The van der Waals surface area contributed by atoms with Gasteiger partial charge in [-0.3, -0.25) is 0 Å². The monoisotopic (exact) mass is 527 g/mol. The fraction of sp³-hybridized carbons (Fsp3) is 0.556. The molecule has 1 aromatic heterocycles. The number of carbonyl (C=O) groups is 1. The number of rotatable bonds is 6. The lowest BCUT2D eigenvalue weighted by Crippen LogP contribution is -2.53. The summed E-state index contributed by atoms with van der Waals surface area (Å²) in [6, 6.07) is 2.70. The number of allylic oxidation sites excluding steroid dienone is 2. The Kier molecular flexibility index (Phi) is 8.86. The first-order valence-electron chi connectivity index (χ1n) is 12.5. The summed E-state index contributed by atoms with van der Waals surface area (Å²) in [5.74, 6) is 7.95. The first-order chi connectivity index (χ1) is 17.1. The van der Waals surface area contributed by atoms with Gasteiger partial charge in [-0.2, -0.15) is 0 Å². The Morgan fingerprint density at radius 1 is 1.11 bits per heavy atom. The Bertz CT molecular complexity index is 1120. The number of esters is 1. The molecule has 0 amide bonds. The first kappa shape index (κ1) is 28.2. The normalized spacial score (nSPS) is 22.1. The van der Waals surface area contributed by atoms with Gasteiger partial charge in [0.2, 0.25) is 5.79 Å². The maximum absolute atomic E-state index is 12.6. The summed E-state index contributed by atoms with van der Waals surface area (Å²) in [7, 11) is -2.40. The van der Waals surface area contributed by atoms with E-state index in [0.29, 0.717) is 30.0 Å². The standard InChI is InChI=1S/C27H37NO6Si2/c1-8-36(9-2,10-3)34-26(15-13-11-12-14-18-35(5,6)7)21-27(31-16-17-32-27)25-22(20-33-28-25)23(26)19-24(29)30-4/h11-12,19-20H,8-10,16-17,21H2,1-7H3/b12-11-,23-19+/t26-/m0/s1. The lowest BCUT2D eigenvalue weighted by molar-refractivity contribution is -0.193. The van der Waals surface area contributed by atoms with E-state index in [9.17, 15) is 4.79 Å². The Labute approximate surface area is 216 Å². The molecule has 7 nitrogen and oxygen atoms in total. The zero-order valence-electron chi connectivity index (χ0n) is 22.4. The lowest BCUT2D eigenvalue weighted by atomic mass is 9.75. The van der Waals surface area contributed by atoms with E-state index in [1.54, 1.807) is 12.2 Å². The highest BCUT2D eigenvalue weighted by Crippen LogP contribution is 2.53. The van der Waals surface area contributed by atoms with Crippen LogP contribution in [0.15, 0.2) is 29.0 Å². The number of hydrogen-bond acceptors (Lipinski definition) is 7. The topological polar surface area (TPSA) is 80.0 Å². The molecule has 0 aromatic carbocycles. The fourth-order valence-corrected chi connectivity index (χ4v) is 7.98. The third-order valence-corrected chi connectivity index (χ3v) is 12.2. The maximum Gasteiger partial charge on any atom is 0.330 e. The van der Waals surface area contributed by atoms with Crippen molar-refractivity contribution in [1.82, 2.24) is 5.16 Å². The molecule has 0 unspecified atom stereocenters. The average Bonchev–Trinajstić information content (AvgIpc) is 3.52. The largest absolute Gasteiger partial charge is 0.466 e. The van der Waals surface area contributed by atoms with Crippen LogP contribution in [0, 0.1) is 23.3 Å². The lowest BCUT2D eigenvalue weighted by Gasteiger charge is -2.46. The van der Waals surface area contributed by atoms with E-state index in [4.69, 9.17) is 23.2 Å². The molecule has 36 heavy (non-hydrogen) atoms. The summed E-state index contributed by atoms with van der Waals surface area (Å²) >= 11 is 0. The molecule has 0 radical (unpaired) electrons. The van der Waals surface area contributed by atoms with Gasteiger partial charge in [0.1, 0.15) is 14.3 Å². The maximum atomic E-state index is 12.6. The summed E-state index contributed by atoms with van der Waals surface area (Å²) in [6.07, 6.45) is 6.64. The number of carbonyl (C=O) groups excluding carboxylic acids is 1. The highest BCUT2D eigenvalue weighted by Gasteiger charge is 2.58. The Balaban J connectivity index is 2.24. The van der Waals surface area contributed by atoms with E-state index in [2.05, 4.69) is 68.9 Å². The molecule has 0 N–H and O–H groups in total. The molecule has 1 aromatic rings. The average molecular weight is 528 g/mol. The van der Waals surface area contributed by atoms with Crippen molar-refractivity contribution in [1.29, 1.82) is 0 Å². The van der Waals surface area contributed by atoms with Gasteiger partial charge in [0, 0.05) is 11.6 Å². The van der Waals surface area contributed by atoms with Crippen LogP contribution in [0.2, 0.25) is 37.8 Å². The summed E-state index contributed by atoms with van der Waals surface area (Å²) in [6.45, 7) is 13.9. The zero-order valence-corrected chi connectivity index (χ0v) is 24.4. The van der Waals surface area contributed by atoms with Crippen LogP contribution in [-0.2, 0) is 29.2 Å². The minimum Gasteiger partial charge on any atom is -0.466 e. The third kappa shape index (κ3) is 5.93. The molecular formula is C27H37NO6Si2. The quantitative estimate of drug-likeness (QED) is 0.222. The van der Waals surface area contributed by atoms with Crippen molar-refractivity contribution in [2.45, 2.75) is 76.4 Å². The predicted octanol–water partition coefficient (Wildman–Crippen LogP) is 5.04. The minimum atomic E-state index is -2.25. The Morgan fingerprint density at radius 3 is 2.33 bits per heavy atom. The van der Waals surface area contributed by atoms with Gasteiger partial charge in [-0.25, -0.2) is 4.79 Å². The molecule has 0 bridgehead atoms.